The number of esters is 1. The highest BCUT2D eigenvalue weighted by atomic mass is 79.9. The molecule has 0 radical (unpaired) electrons. The number of hydrogen-bond donors (Lipinski definition) is 0. The number of carbonyl (C=O) groups is 3. The molecule has 0 spiro atoms. The van der Waals surface area contributed by atoms with E-state index in [9.17, 15) is 19.5 Å². The van der Waals surface area contributed by atoms with Crippen molar-refractivity contribution in [2.75, 3.05) is 0 Å². The molecule has 1 fully saturated rings. The van der Waals surface area contributed by atoms with Crippen molar-refractivity contribution in [1.29, 1.82) is 0 Å². The average molecular weight is 400 g/mol. The summed E-state index contributed by atoms with van der Waals surface area (Å²) in [4.78, 5) is 37.7. The first-order valence-corrected chi connectivity index (χ1v) is 8.47. The zero-order valence-corrected chi connectivity index (χ0v) is 14.7. The maximum atomic E-state index is 13.2. The Morgan fingerprint density at radius 2 is 1.76 bits per heavy atom. The highest BCUT2D eigenvalue weighted by Crippen LogP contribution is 2.77. The summed E-state index contributed by atoms with van der Waals surface area (Å²) in [5.41, 5.74) is -2.57. The Morgan fingerprint density at radius 1 is 1.12 bits per heavy atom. The summed E-state index contributed by atoms with van der Waals surface area (Å²) in [6.45, 7) is 1.50. The quantitative estimate of drug-likeness (QED) is 0.341. The standard InChI is InChI=1S/C19H13BrO5/c1-18(15(21)10-6-8-11(20)9-7-10)14-12-4-2-3-5-13(12)25-17(24)19(14,18)16(22)23/h2-9,14H,1H3,(H,22,23)/p-1/t14-,18-,19-/m0/s1. The van der Waals surface area contributed by atoms with E-state index < -0.39 is 34.5 Å². The molecule has 2 aliphatic rings. The van der Waals surface area contributed by atoms with Crippen LogP contribution in [0.4, 0.5) is 0 Å². The Labute approximate surface area is 151 Å². The average Bonchev–Trinajstić information content (AvgIpc) is 3.19. The summed E-state index contributed by atoms with van der Waals surface area (Å²) in [5.74, 6) is -3.45. The van der Waals surface area contributed by atoms with E-state index in [4.69, 9.17) is 4.74 Å². The summed E-state index contributed by atoms with van der Waals surface area (Å²) in [7, 11) is 0. The lowest BCUT2D eigenvalue weighted by Gasteiger charge is -2.24. The molecule has 0 aromatic heterocycles. The number of halogens is 1. The molecule has 0 unspecified atom stereocenters. The van der Waals surface area contributed by atoms with Crippen LogP contribution in [0.5, 0.6) is 5.75 Å². The predicted molar refractivity (Wildman–Crippen MR) is 88.8 cm³/mol. The molecule has 5 nitrogen and oxygen atoms in total. The number of aliphatic carboxylic acids is 1. The smallest absolute Gasteiger partial charge is 0.324 e. The fraction of sp³-hybridized carbons (Fsp3) is 0.211. The maximum Gasteiger partial charge on any atom is 0.324 e. The molecule has 1 aliphatic carbocycles. The van der Waals surface area contributed by atoms with Crippen LogP contribution in [0.15, 0.2) is 53.0 Å². The van der Waals surface area contributed by atoms with Crippen LogP contribution >= 0.6 is 15.9 Å². The van der Waals surface area contributed by atoms with Gasteiger partial charge in [-0.3, -0.25) is 9.59 Å². The SMILES string of the molecule is C[C@@]1(C(=O)c2ccc(Br)cc2)[C@@H]2c3ccccc3OC(=O)[C@@]21C(=O)[O-]. The van der Waals surface area contributed by atoms with Gasteiger partial charge >= 0.3 is 5.97 Å². The highest BCUT2D eigenvalue weighted by molar-refractivity contribution is 9.10. The van der Waals surface area contributed by atoms with E-state index in [-0.39, 0.29) is 0 Å². The van der Waals surface area contributed by atoms with Crippen molar-refractivity contribution in [3.8, 4) is 5.75 Å². The lowest BCUT2D eigenvalue weighted by molar-refractivity contribution is -0.313. The molecule has 4 rings (SSSR count). The number of carboxylic acid groups (broad SMARTS) is 1. The number of fused-ring (bicyclic) bond motifs is 3. The zero-order valence-electron chi connectivity index (χ0n) is 13.1. The van der Waals surface area contributed by atoms with Crippen LogP contribution < -0.4 is 9.84 Å². The van der Waals surface area contributed by atoms with Gasteiger partial charge in [0, 0.05) is 21.5 Å². The number of carbonyl (C=O) groups excluding carboxylic acids is 3. The molecule has 0 amide bonds. The number of hydrogen-bond acceptors (Lipinski definition) is 5. The molecule has 2 aromatic carbocycles. The van der Waals surface area contributed by atoms with E-state index in [1.165, 1.54) is 6.92 Å². The largest absolute Gasteiger partial charge is 0.549 e. The van der Waals surface area contributed by atoms with Gasteiger partial charge in [0.05, 0.1) is 11.4 Å². The first-order chi connectivity index (χ1) is 11.8. The molecule has 1 heterocycles. The van der Waals surface area contributed by atoms with Crippen molar-refractivity contribution in [3.05, 3.63) is 64.1 Å². The maximum absolute atomic E-state index is 13.2. The van der Waals surface area contributed by atoms with Gasteiger partial charge in [-0.25, -0.2) is 0 Å². The van der Waals surface area contributed by atoms with Crippen LogP contribution in [-0.4, -0.2) is 17.7 Å². The van der Waals surface area contributed by atoms with Gasteiger partial charge in [0.2, 0.25) is 0 Å². The minimum absolute atomic E-state index is 0.293. The van der Waals surface area contributed by atoms with Gasteiger partial charge in [-0.1, -0.05) is 53.2 Å². The zero-order chi connectivity index (χ0) is 18.0. The van der Waals surface area contributed by atoms with Gasteiger partial charge in [-0.05, 0) is 18.2 Å². The van der Waals surface area contributed by atoms with E-state index in [1.807, 2.05) is 0 Å². The lowest BCUT2D eigenvalue weighted by Crippen LogP contribution is -2.46. The normalized spacial score (nSPS) is 29.2. The lowest BCUT2D eigenvalue weighted by atomic mass is 9.87. The summed E-state index contributed by atoms with van der Waals surface area (Å²) in [6, 6.07) is 13.3. The first-order valence-electron chi connectivity index (χ1n) is 7.68. The molecule has 0 bridgehead atoms. The second kappa shape index (κ2) is 5.02. The van der Waals surface area contributed by atoms with E-state index in [0.717, 1.165) is 4.47 Å². The van der Waals surface area contributed by atoms with Crippen LogP contribution in [0.2, 0.25) is 0 Å². The molecular formula is C19H12BrO5-. The summed E-state index contributed by atoms with van der Waals surface area (Å²) in [5, 5.41) is 12.0. The molecule has 2 aromatic rings. The number of carboxylic acids is 1. The number of Topliss-reactive ketones (excluding diaryl/α,β-unsaturated/α-hetero) is 1. The van der Waals surface area contributed by atoms with E-state index in [0.29, 0.717) is 16.9 Å². The van der Waals surface area contributed by atoms with E-state index >= 15 is 0 Å². The summed E-state index contributed by atoms with van der Waals surface area (Å²) < 4.78 is 6.02. The van der Waals surface area contributed by atoms with Crippen molar-refractivity contribution in [1.82, 2.24) is 0 Å². The molecule has 1 saturated carbocycles. The minimum atomic E-state index is -1.99. The molecule has 3 atom stereocenters. The van der Waals surface area contributed by atoms with E-state index in [1.54, 1.807) is 48.5 Å². The Bertz CT molecular complexity index is 935. The van der Waals surface area contributed by atoms with Crippen LogP contribution in [-0.2, 0) is 9.59 Å². The van der Waals surface area contributed by atoms with Gasteiger partial charge in [0.1, 0.15) is 11.2 Å². The Hall–Kier alpha value is -2.47. The monoisotopic (exact) mass is 399 g/mol. The Balaban J connectivity index is 1.90. The topological polar surface area (TPSA) is 83.5 Å². The minimum Gasteiger partial charge on any atom is -0.549 e. The first kappa shape index (κ1) is 16.0. The van der Waals surface area contributed by atoms with Crippen LogP contribution in [0, 0.1) is 10.8 Å². The second-order valence-electron chi connectivity index (χ2n) is 6.49. The molecule has 0 N–H and O–H groups in total. The number of rotatable bonds is 3. The fourth-order valence-corrected chi connectivity index (χ4v) is 4.37. The predicted octanol–water partition coefficient (Wildman–Crippen LogP) is 2.09. The molecular weight excluding hydrogens is 388 g/mol. The molecule has 0 saturated heterocycles. The summed E-state index contributed by atoms with van der Waals surface area (Å²) >= 11 is 3.30. The highest BCUT2D eigenvalue weighted by Gasteiger charge is 2.85. The van der Waals surface area contributed by atoms with Gasteiger partial charge in [-0.2, -0.15) is 0 Å². The van der Waals surface area contributed by atoms with Gasteiger partial charge in [-0.15, -0.1) is 0 Å². The van der Waals surface area contributed by atoms with Gasteiger partial charge < -0.3 is 14.6 Å². The van der Waals surface area contributed by atoms with Crippen molar-refractivity contribution >= 4 is 33.7 Å². The second-order valence-corrected chi connectivity index (χ2v) is 7.41. The number of ketones is 1. The van der Waals surface area contributed by atoms with Gasteiger partial charge in [0.25, 0.3) is 0 Å². The third-order valence-corrected chi connectivity index (χ3v) is 5.93. The van der Waals surface area contributed by atoms with Crippen molar-refractivity contribution in [2.45, 2.75) is 12.8 Å². The third-order valence-electron chi connectivity index (χ3n) is 5.40. The Morgan fingerprint density at radius 3 is 2.40 bits per heavy atom. The van der Waals surface area contributed by atoms with Crippen LogP contribution in [0.1, 0.15) is 28.8 Å². The van der Waals surface area contributed by atoms with Crippen molar-refractivity contribution < 1.29 is 24.2 Å². The van der Waals surface area contributed by atoms with Crippen LogP contribution in [0.25, 0.3) is 0 Å². The molecule has 6 heteroatoms. The third kappa shape index (κ3) is 1.80. The van der Waals surface area contributed by atoms with Crippen LogP contribution in [0.3, 0.4) is 0 Å². The Kier molecular flexibility index (Phi) is 3.22. The number of ether oxygens (including phenoxy) is 1. The van der Waals surface area contributed by atoms with Gasteiger partial charge in [0.15, 0.2) is 5.78 Å². The molecule has 126 valence electrons. The molecule has 1 aliphatic heterocycles. The summed E-state index contributed by atoms with van der Waals surface area (Å²) in [6.07, 6.45) is 0. The number of benzene rings is 2. The van der Waals surface area contributed by atoms with E-state index in [2.05, 4.69) is 15.9 Å². The number of para-hydroxylation sites is 1. The molecule has 25 heavy (non-hydrogen) atoms. The van der Waals surface area contributed by atoms with Crippen molar-refractivity contribution in [3.63, 3.8) is 0 Å². The fourth-order valence-electron chi connectivity index (χ4n) is 4.11. The van der Waals surface area contributed by atoms with Crippen molar-refractivity contribution in [2.24, 2.45) is 10.8 Å².